The highest BCUT2D eigenvalue weighted by Gasteiger charge is 2.77. The summed E-state index contributed by atoms with van der Waals surface area (Å²) < 4.78 is 5.50. The third kappa shape index (κ3) is 2.21. The van der Waals surface area contributed by atoms with Gasteiger partial charge >= 0.3 is 5.97 Å². The maximum atomic E-state index is 13.3. The zero-order valence-electron chi connectivity index (χ0n) is 17.3. The molecule has 0 aromatic rings. The van der Waals surface area contributed by atoms with E-state index in [9.17, 15) is 29.7 Å². The lowest BCUT2D eigenvalue weighted by molar-refractivity contribution is -0.266. The number of aliphatic hydroxyl groups excluding tert-OH is 3. The number of Topliss-reactive ketones (excluding diaryl/α,β-unsaturated/α-hetero) is 2. The predicted octanol–water partition coefficient (Wildman–Crippen LogP) is 0.787. The summed E-state index contributed by atoms with van der Waals surface area (Å²) in [7, 11) is 0. The van der Waals surface area contributed by atoms with Gasteiger partial charge in [-0.3, -0.25) is 14.4 Å². The molecular formula is C22H30O7. The number of carbonyl (C=O) groups excluding carboxylic acids is 3. The minimum atomic E-state index is -1.52. The molecule has 7 nitrogen and oxygen atoms in total. The number of hydrogen-bond acceptors (Lipinski definition) is 7. The standard InChI is InChI=1S/C22H30O7/c1-9-17-11(24)6-13-21(5)12(7-15(26)22(13,18(9)27)19(17)28)20(3,4)16(8-14(21)25)29-10(2)23/h12-17,19,25-26,28H,1,6-8H2,2-5H3/t12-,13+,14+,15-,16+,17-,19+,21-,22+/m1/s1. The van der Waals surface area contributed by atoms with Crippen LogP contribution in [-0.2, 0) is 19.1 Å². The summed E-state index contributed by atoms with van der Waals surface area (Å²) in [6.07, 6.45) is -3.69. The minimum absolute atomic E-state index is 0.00190. The van der Waals surface area contributed by atoms with Crippen LogP contribution in [0.5, 0.6) is 0 Å². The molecule has 1 spiro atoms. The highest BCUT2D eigenvalue weighted by Crippen LogP contribution is 2.70. The number of fused-ring (bicyclic) bond motifs is 3. The average Bonchev–Trinajstić information content (AvgIpc) is 2.74. The molecule has 0 saturated heterocycles. The summed E-state index contributed by atoms with van der Waals surface area (Å²) in [4.78, 5) is 37.8. The van der Waals surface area contributed by atoms with Crippen molar-refractivity contribution in [3.63, 3.8) is 0 Å². The predicted molar refractivity (Wildman–Crippen MR) is 101 cm³/mol. The first-order valence-corrected chi connectivity index (χ1v) is 10.3. The molecule has 0 amide bonds. The lowest BCUT2D eigenvalue weighted by Gasteiger charge is -2.67. The van der Waals surface area contributed by atoms with Gasteiger partial charge in [-0.05, 0) is 18.3 Å². The van der Waals surface area contributed by atoms with Crippen LogP contribution in [0.15, 0.2) is 12.2 Å². The number of ether oxygens (including phenoxy) is 1. The molecule has 4 aliphatic rings. The normalized spacial score (nSPS) is 50.7. The number of esters is 1. The molecule has 4 fully saturated rings. The van der Waals surface area contributed by atoms with Crippen LogP contribution in [0.2, 0.25) is 0 Å². The maximum Gasteiger partial charge on any atom is 0.302 e. The monoisotopic (exact) mass is 406 g/mol. The molecule has 29 heavy (non-hydrogen) atoms. The molecule has 0 heterocycles. The van der Waals surface area contributed by atoms with Gasteiger partial charge in [0.2, 0.25) is 0 Å². The van der Waals surface area contributed by atoms with E-state index < -0.39 is 64.2 Å². The highest BCUT2D eigenvalue weighted by molar-refractivity contribution is 6.12. The first kappa shape index (κ1) is 20.7. The van der Waals surface area contributed by atoms with Crippen LogP contribution < -0.4 is 0 Å². The molecule has 0 unspecified atom stereocenters. The van der Waals surface area contributed by atoms with E-state index in [-0.39, 0.29) is 36.5 Å². The summed E-state index contributed by atoms with van der Waals surface area (Å²) in [5.41, 5.74) is -2.98. The molecule has 2 bridgehead atoms. The molecular weight excluding hydrogens is 376 g/mol. The van der Waals surface area contributed by atoms with Crippen LogP contribution >= 0.6 is 0 Å². The van der Waals surface area contributed by atoms with Gasteiger partial charge < -0.3 is 20.1 Å². The third-order valence-corrected chi connectivity index (χ3v) is 8.90. The third-order valence-electron chi connectivity index (χ3n) is 8.90. The van der Waals surface area contributed by atoms with E-state index in [0.717, 1.165) is 0 Å². The van der Waals surface area contributed by atoms with Crippen molar-refractivity contribution in [1.82, 2.24) is 0 Å². The van der Waals surface area contributed by atoms with Crippen LogP contribution in [-0.4, -0.2) is 57.3 Å². The van der Waals surface area contributed by atoms with E-state index in [2.05, 4.69) is 6.58 Å². The van der Waals surface area contributed by atoms with Crippen molar-refractivity contribution < 1.29 is 34.4 Å². The number of hydrogen-bond donors (Lipinski definition) is 3. The Morgan fingerprint density at radius 3 is 2.28 bits per heavy atom. The molecule has 4 aliphatic carbocycles. The smallest absolute Gasteiger partial charge is 0.302 e. The van der Waals surface area contributed by atoms with Crippen molar-refractivity contribution in [2.45, 2.75) is 71.4 Å². The Labute approximate surface area is 170 Å². The largest absolute Gasteiger partial charge is 0.462 e. The Hall–Kier alpha value is -1.57. The number of carbonyl (C=O) groups is 3. The lowest BCUT2D eigenvalue weighted by atomic mass is 9.38. The summed E-state index contributed by atoms with van der Waals surface area (Å²) in [6.45, 7) is 10.8. The molecule has 0 aromatic heterocycles. The molecule has 7 heteroatoms. The van der Waals surface area contributed by atoms with E-state index in [1.807, 2.05) is 20.8 Å². The molecule has 0 aromatic carbocycles. The fourth-order valence-electron chi connectivity index (χ4n) is 7.44. The number of aliphatic hydroxyl groups is 3. The Kier molecular flexibility index (Phi) is 4.27. The van der Waals surface area contributed by atoms with Crippen LogP contribution in [0.25, 0.3) is 0 Å². The molecule has 0 radical (unpaired) electrons. The molecule has 4 saturated carbocycles. The molecule has 0 aliphatic heterocycles. The van der Waals surface area contributed by atoms with Gasteiger partial charge in [-0.1, -0.05) is 27.4 Å². The van der Waals surface area contributed by atoms with E-state index in [1.54, 1.807) is 0 Å². The average molecular weight is 406 g/mol. The first-order chi connectivity index (χ1) is 13.3. The first-order valence-electron chi connectivity index (χ1n) is 10.3. The van der Waals surface area contributed by atoms with Crippen LogP contribution in [0, 0.1) is 34.0 Å². The zero-order chi connectivity index (χ0) is 21.7. The molecule has 4 rings (SSSR count). The topological polar surface area (TPSA) is 121 Å². The molecule has 3 N–H and O–H groups in total. The van der Waals surface area contributed by atoms with Gasteiger partial charge in [-0.2, -0.15) is 0 Å². The van der Waals surface area contributed by atoms with E-state index in [1.165, 1.54) is 6.92 Å². The highest BCUT2D eigenvalue weighted by atomic mass is 16.5. The number of ketones is 2. The quantitative estimate of drug-likeness (QED) is 0.435. The van der Waals surface area contributed by atoms with Crippen molar-refractivity contribution in [3.8, 4) is 0 Å². The van der Waals surface area contributed by atoms with Crippen LogP contribution in [0.4, 0.5) is 0 Å². The van der Waals surface area contributed by atoms with Gasteiger partial charge in [0, 0.05) is 36.2 Å². The van der Waals surface area contributed by atoms with Gasteiger partial charge in [0.1, 0.15) is 11.9 Å². The van der Waals surface area contributed by atoms with Crippen molar-refractivity contribution >= 4 is 17.5 Å². The van der Waals surface area contributed by atoms with Crippen LogP contribution in [0.3, 0.4) is 0 Å². The second-order valence-corrected chi connectivity index (χ2v) is 10.3. The van der Waals surface area contributed by atoms with Gasteiger partial charge in [-0.25, -0.2) is 0 Å². The Morgan fingerprint density at radius 1 is 1.07 bits per heavy atom. The van der Waals surface area contributed by atoms with Gasteiger partial charge in [0.15, 0.2) is 5.78 Å². The lowest BCUT2D eigenvalue weighted by Crippen LogP contribution is -2.72. The van der Waals surface area contributed by atoms with Crippen LogP contribution in [0.1, 0.15) is 47.0 Å². The van der Waals surface area contributed by atoms with Crippen molar-refractivity contribution in [2.24, 2.45) is 34.0 Å². The zero-order valence-corrected chi connectivity index (χ0v) is 17.3. The molecule has 160 valence electrons. The Bertz CT molecular complexity index is 816. The van der Waals surface area contributed by atoms with Gasteiger partial charge in [0.05, 0.1) is 29.6 Å². The minimum Gasteiger partial charge on any atom is -0.462 e. The van der Waals surface area contributed by atoms with E-state index >= 15 is 0 Å². The maximum absolute atomic E-state index is 13.3. The fraction of sp³-hybridized carbons (Fsp3) is 0.773. The van der Waals surface area contributed by atoms with Gasteiger partial charge in [-0.15, -0.1) is 0 Å². The summed E-state index contributed by atoms with van der Waals surface area (Å²) >= 11 is 0. The van der Waals surface area contributed by atoms with Crippen molar-refractivity contribution in [1.29, 1.82) is 0 Å². The van der Waals surface area contributed by atoms with Gasteiger partial charge in [0.25, 0.3) is 0 Å². The second-order valence-electron chi connectivity index (χ2n) is 10.3. The van der Waals surface area contributed by atoms with Crippen molar-refractivity contribution in [2.75, 3.05) is 0 Å². The summed E-state index contributed by atoms with van der Waals surface area (Å²) in [5.74, 6) is -3.19. The summed E-state index contributed by atoms with van der Waals surface area (Å²) in [6, 6.07) is 0. The second kappa shape index (κ2) is 5.99. The summed E-state index contributed by atoms with van der Waals surface area (Å²) in [5, 5.41) is 33.6. The van der Waals surface area contributed by atoms with E-state index in [4.69, 9.17) is 4.74 Å². The van der Waals surface area contributed by atoms with E-state index in [0.29, 0.717) is 0 Å². The SMILES string of the molecule is C=C1C(=O)[C@@]23[C@H](O)C[C@@H]4C(C)(C)[C@@H](OC(C)=O)C[C@H](O)[C@@]4(C)[C@@H]2CC(=O)[C@@H]1[C@@H]3O. The van der Waals surface area contributed by atoms with Crippen molar-refractivity contribution in [3.05, 3.63) is 12.2 Å². The Morgan fingerprint density at radius 2 is 1.69 bits per heavy atom. The fourth-order valence-corrected chi connectivity index (χ4v) is 7.44. The Balaban J connectivity index is 1.87. The number of rotatable bonds is 1. The molecule has 9 atom stereocenters.